The Hall–Kier alpha value is -1.31. The topological polar surface area (TPSA) is 75.6 Å². The van der Waals surface area contributed by atoms with Crippen LogP contribution in [0, 0.1) is 0 Å². The number of carboxylic acid groups (broad SMARTS) is 1. The first-order chi connectivity index (χ1) is 7.73. The Morgan fingerprint density at radius 3 is 2.00 bits per heavy atom. The molecule has 0 aromatic rings. The van der Waals surface area contributed by atoms with Crippen molar-refractivity contribution in [1.82, 2.24) is 5.32 Å². The van der Waals surface area contributed by atoms with E-state index >= 15 is 0 Å². The van der Waals surface area contributed by atoms with Crippen molar-refractivity contribution in [2.75, 3.05) is 13.1 Å². The maximum atomic E-state index is 10.6. The molecule has 0 aromatic heterocycles. The number of alkyl halides is 3. The van der Waals surface area contributed by atoms with Crippen molar-refractivity contribution in [3.8, 4) is 0 Å². The molecule has 0 aromatic carbocycles. The molecule has 100 valence electrons. The van der Waals surface area contributed by atoms with E-state index in [2.05, 4.69) is 5.32 Å². The average molecular weight is 257 g/mol. The predicted molar refractivity (Wildman–Crippen MR) is 51.3 cm³/mol. The zero-order chi connectivity index (χ0) is 13.5. The summed E-state index contributed by atoms with van der Waals surface area (Å²) in [6.45, 7) is 3.40. The lowest BCUT2D eigenvalue weighted by Crippen LogP contribution is -2.33. The van der Waals surface area contributed by atoms with Gasteiger partial charge in [0.05, 0.1) is 0 Å². The van der Waals surface area contributed by atoms with Crippen LogP contribution >= 0.6 is 0 Å². The van der Waals surface area contributed by atoms with E-state index in [9.17, 15) is 18.0 Å². The van der Waals surface area contributed by atoms with Gasteiger partial charge in [-0.2, -0.15) is 13.2 Å². The van der Waals surface area contributed by atoms with Gasteiger partial charge in [-0.1, -0.05) is 0 Å². The van der Waals surface area contributed by atoms with E-state index in [4.69, 9.17) is 14.6 Å². The highest BCUT2D eigenvalue weighted by atomic mass is 19.4. The summed E-state index contributed by atoms with van der Waals surface area (Å²) >= 11 is 0. The molecule has 0 atom stereocenters. The number of carbonyl (C=O) groups excluding carboxylic acids is 1. The maximum Gasteiger partial charge on any atom is 0.490 e. The van der Waals surface area contributed by atoms with Crippen molar-refractivity contribution in [3.63, 3.8) is 0 Å². The summed E-state index contributed by atoms with van der Waals surface area (Å²) in [5.74, 6) is -2.92. The van der Waals surface area contributed by atoms with Gasteiger partial charge in [0.15, 0.2) is 0 Å². The first kappa shape index (κ1) is 15.7. The first-order valence-electron chi connectivity index (χ1n) is 4.91. The zero-order valence-electron chi connectivity index (χ0n) is 9.21. The van der Waals surface area contributed by atoms with Gasteiger partial charge in [-0.05, 0) is 25.9 Å². The monoisotopic (exact) mass is 257 g/mol. The Bertz CT molecular complexity index is 261. The highest BCUT2D eigenvalue weighted by molar-refractivity contribution is 5.73. The van der Waals surface area contributed by atoms with Crippen LogP contribution < -0.4 is 5.32 Å². The minimum atomic E-state index is -5.08. The Balaban J connectivity index is 0.000000325. The molecule has 1 fully saturated rings. The number of nitrogens with one attached hydrogen (secondary N) is 1. The van der Waals surface area contributed by atoms with Crippen molar-refractivity contribution in [1.29, 1.82) is 0 Å². The van der Waals surface area contributed by atoms with Gasteiger partial charge in [0.2, 0.25) is 0 Å². The molecule has 1 aliphatic heterocycles. The Labute approximate surface area is 95.9 Å². The third-order valence-corrected chi connectivity index (χ3v) is 1.86. The molecule has 1 saturated heterocycles. The second kappa shape index (κ2) is 7.10. The maximum absolute atomic E-state index is 10.6. The van der Waals surface area contributed by atoms with Crippen molar-refractivity contribution in [2.24, 2.45) is 0 Å². The third-order valence-electron chi connectivity index (χ3n) is 1.86. The van der Waals surface area contributed by atoms with Crippen LogP contribution in [0.4, 0.5) is 13.2 Å². The van der Waals surface area contributed by atoms with Gasteiger partial charge in [-0.25, -0.2) is 4.79 Å². The molecular formula is C9H14F3NO4. The second-order valence-electron chi connectivity index (χ2n) is 3.36. The predicted octanol–water partition coefficient (Wildman–Crippen LogP) is 0.935. The normalized spacial score (nSPS) is 16.7. The van der Waals surface area contributed by atoms with Gasteiger partial charge in [0, 0.05) is 6.92 Å². The van der Waals surface area contributed by atoms with Crippen LogP contribution in [0.3, 0.4) is 0 Å². The number of esters is 1. The third kappa shape index (κ3) is 8.49. The summed E-state index contributed by atoms with van der Waals surface area (Å²) < 4.78 is 36.7. The van der Waals surface area contributed by atoms with Crippen LogP contribution in [0.25, 0.3) is 0 Å². The summed E-state index contributed by atoms with van der Waals surface area (Å²) in [6.07, 6.45) is -3.00. The summed E-state index contributed by atoms with van der Waals surface area (Å²) in [5, 5.41) is 10.3. The Morgan fingerprint density at radius 1 is 1.29 bits per heavy atom. The molecular weight excluding hydrogens is 243 g/mol. The number of rotatable bonds is 1. The van der Waals surface area contributed by atoms with E-state index in [0.29, 0.717) is 0 Å². The number of hydrogen-bond acceptors (Lipinski definition) is 4. The van der Waals surface area contributed by atoms with Crippen molar-refractivity contribution < 1.29 is 32.6 Å². The van der Waals surface area contributed by atoms with Crippen LogP contribution in [0.5, 0.6) is 0 Å². The lowest BCUT2D eigenvalue weighted by atomic mass is 10.1. The first-order valence-corrected chi connectivity index (χ1v) is 4.91. The van der Waals surface area contributed by atoms with Crippen molar-refractivity contribution in [3.05, 3.63) is 0 Å². The summed E-state index contributed by atoms with van der Waals surface area (Å²) in [6, 6.07) is 0. The molecule has 2 N–H and O–H groups in total. The largest absolute Gasteiger partial charge is 0.490 e. The van der Waals surface area contributed by atoms with E-state index in [1.807, 2.05) is 0 Å². The van der Waals surface area contributed by atoms with Crippen LogP contribution in [-0.4, -0.2) is 42.4 Å². The second-order valence-corrected chi connectivity index (χ2v) is 3.36. The highest BCUT2D eigenvalue weighted by Gasteiger charge is 2.38. The zero-order valence-corrected chi connectivity index (χ0v) is 9.21. The Kier molecular flexibility index (Phi) is 6.55. The SMILES string of the molecule is CC(=O)OC1CCNCC1.O=C(O)C(F)(F)F. The smallest absolute Gasteiger partial charge is 0.475 e. The fourth-order valence-corrected chi connectivity index (χ4v) is 1.15. The molecule has 0 amide bonds. The molecule has 17 heavy (non-hydrogen) atoms. The van der Waals surface area contributed by atoms with Crippen LogP contribution in [0.15, 0.2) is 0 Å². The molecule has 0 spiro atoms. The van der Waals surface area contributed by atoms with E-state index in [1.54, 1.807) is 0 Å². The number of piperidine rings is 1. The van der Waals surface area contributed by atoms with Crippen LogP contribution in [0.1, 0.15) is 19.8 Å². The molecule has 1 aliphatic rings. The molecule has 1 rings (SSSR count). The Morgan fingerprint density at radius 2 is 1.71 bits per heavy atom. The van der Waals surface area contributed by atoms with Crippen LogP contribution in [-0.2, 0) is 14.3 Å². The molecule has 0 aliphatic carbocycles. The highest BCUT2D eigenvalue weighted by Crippen LogP contribution is 2.13. The molecule has 0 saturated carbocycles. The summed E-state index contributed by atoms with van der Waals surface area (Å²) in [5.41, 5.74) is 0. The van der Waals surface area contributed by atoms with Gasteiger partial charge >= 0.3 is 18.1 Å². The quantitative estimate of drug-likeness (QED) is 0.683. The standard InChI is InChI=1S/C7H13NO2.C2HF3O2/c1-6(9)10-7-2-4-8-5-3-7;3-2(4,5)1(6)7/h7-8H,2-5H2,1H3;(H,6,7). The number of halogens is 3. The summed E-state index contributed by atoms with van der Waals surface area (Å²) in [4.78, 5) is 19.4. The van der Waals surface area contributed by atoms with Gasteiger partial charge in [0.1, 0.15) is 6.10 Å². The summed E-state index contributed by atoms with van der Waals surface area (Å²) in [7, 11) is 0. The van der Waals surface area contributed by atoms with Crippen molar-refractivity contribution in [2.45, 2.75) is 32.0 Å². The molecule has 8 heteroatoms. The van der Waals surface area contributed by atoms with E-state index in [-0.39, 0.29) is 12.1 Å². The molecule has 0 unspecified atom stereocenters. The minimum Gasteiger partial charge on any atom is -0.475 e. The molecule has 0 radical (unpaired) electrons. The lowest BCUT2D eigenvalue weighted by Gasteiger charge is -2.21. The van der Waals surface area contributed by atoms with Crippen molar-refractivity contribution >= 4 is 11.9 Å². The number of aliphatic carboxylic acids is 1. The minimum absolute atomic E-state index is 0.160. The van der Waals surface area contributed by atoms with E-state index < -0.39 is 12.1 Å². The van der Waals surface area contributed by atoms with Gasteiger partial charge in [-0.3, -0.25) is 4.79 Å². The van der Waals surface area contributed by atoms with Crippen LogP contribution in [0.2, 0.25) is 0 Å². The van der Waals surface area contributed by atoms with Gasteiger partial charge < -0.3 is 15.2 Å². The van der Waals surface area contributed by atoms with Gasteiger partial charge in [-0.15, -0.1) is 0 Å². The molecule has 1 heterocycles. The number of carboxylic acids is 1. The van der Waals surface area contributed by atoms with Gasteiger partial charge in [0.25, 0.3) is 0 Å². The number of hydrogen-bond donors (Lipinski definition) is 2. The fourth-order valence-electron chi connectivity index (χ4n) is 1.15. The lowest BCUT2D eigenvalue weighted by molar-refractivity contribution is -0.192. The average Bonchev–Trinajstić information content (AvgIpc) is 2.17. The van der Waals surface area contributed by atoms with E-state index in [0.717, 1.165) is 25.9 Å². The number of carbonyl (C=O) groups is 2. The molecule has 0 bridgehead atoms. The van der Waals surface area contributed by atoms with E-state index in [1.165, 1.54) is 6.92 Å². The fraction of sp³-hybridized carbons (Fsp3) is 0.778. The molecule has 5 nitrogen and oxygen atoms in total. The number of ether oxygens (including phenoxy) is 1.